The van der Waals surface area contributed by atoms with Crippen molar-refractivity contribution < 1.29 is 13.9 Å². The number of hydrogen-bond donors (Lipinski definition) is 1. The van der Waals surface area contributed by atoms with E-state index in [2.05, 4.69) is 15.9 Å². The van der Waals surface area contributed by atoms with E-state index in [0.29, 0.717) is 15.6 Å². The Balaban J connectivity index is 2.23. The third-order valence-corrected chi connectivity index (χ3v) is 3.71. The van der Waals surface area contributed by atoms with E-state index < -0.39 is 17.7 Å². The van der Waals surface area contributed by atoms with Crippen LogP contribution in [-0.4, -0.2) is 5.11 Å². The molecule has 0 saturated carbocycles. The van der Waals surface area contributed by atoms with Gasteiger partial charge in [0.05, 0.1) is 15.6 Å². The average molecular weight is 348 g/mol. The second-order valence-electron chi connectivity index (χ2n) is 4.11. The van der Waals surface area contributed by atoms with E-state index in [-0.39, 0.29) is 11.4 Å². The van der Waals surface area contributed by atoms with Crippen molar-refractivity contribution in [1.29, 1.82) is 0 Å². The molecule has 0 fully saturated rings. The summed E-state index contributed by atoms with van der Waals surface area (Å²) >= 11 is 8.70. The number of rotatable bonds is 3. The molecule has 0 heterocycles. The van der Waals surface area contributed by atoms with Crippen molar-refractivity contribution in [3.05, 3.63) is 68.7 Å². The molecular formula is C14H10BrClF2O. The van der Waals surface area contributed by atoms with Crippen molar-refractivity contribution in [2.75, 3.05) is 0 Å². The van der Waals surface area contributed by atoms with Gasteiger partial charge in [0.2, 0.25) is 0 Å². The minimum absolute atomic E-state index is 0.00619. The molecule has 1 N–H and O–H groups in total. The fraction of sp³-hybridized carbons (Fsp3) is 0.143. The van der Waals surface area contributed by atoms with Crippen LogP contribution in [0.25, 0.3) is 0 Å². The van der Waals surface area contributed by atoms with Gasteiger partial charge in [-0.25, -0.2) is 8.78 Å². The SMILES string of the molecule is OC(Cc1cccc(Cl)c1F)c1ccc(Br)c(F)c1. The van der Waals surface area contributed by atoms with Crippen molar-refractivity contribution in [1.82, 2.24) is 0 Å². The van der Waals surface area contributed by atoms with E-state index in [4.69, 9.17) is 11.6 Å². The molecule has 0 aliphatic carbocycles. The zero-order valence-corrected chi connectivity index (χ0v) is 12.0. The third kappa shape index (κ3) is 3.32. The van der Waals surface area contributed by atoms with Crippen molar-refractivity contribution >= 4 is 27.5 Å². The summed E-state index contributed by atoms with van der Waals surface area (Å²) in [5, 5.41) is 10.0. The van der Waals surface area contributed by atoms with E-state index in [1.807, 2.05) is 0 Å². The summed E-state index contributed by atoms with van der Waals surface area (Å²) < 4.78 is 27.4. The van der Waals surface area contributed by atoms with E-state index >= 15 is 0 Å². The Kier molecular flexibility index (Phi) is 4.55. The van der Waals surface area contributed by atoms with Gasteiger partial charge < -0.3 is 5.11 Å². The molecule has 0 saturated heterocycles. The molecule has 2 rings (SSSR count). The van der Waals surface area contributed by atoms with Gasteiger partial charge in [0, 0.05) is 6.42 Å². The predicted molar refractivity (Wildman–Crippen MR) is 74.2 cm³/mol. The lowest BCUT2D eigenvalue weighted by molar-refractivity contribution is 0.176. The van der Waals surface area contributed by atoms with Crippen LogP contribution in [0.15, 0.2) is 40.9 Å². The Morgan fingerprint density at radius 3 is 2.63 bits per heavy atom. The molecule has 2 aromatic carbocycles. The minimum Gasteiger partial charge on any atom is -0.388 e. The average Bonchev–Trinajstić information content (AvgIpc) is 2.38. The summed E-state index contributed by atoms with van der Waals surface area (Å²) in [5.41, 5.74) is 0.684. The van der Waals surface area contributed by atoms with Crippen molar-refractivity contribution in [2.24, 2.45) is 0 Å². The first kappa shape index (κ1) is 14.4. The van der Waals surface area contributed by atoms with Crippen LogP contribution in [0.4, 0.5) is 8.78 Å². The molecule has 0 aliphatic heterocycles. The molecule has 0 amide bonds. The quantitative estimate of drug-likeness (QED) is 0.856. The Bertz CT molecular complexity index is 604. The van der Waals surface area contributed by atoms with Crippen molar-refractivity contribution in [2.45, 2.75) is 12.5 Å². The highest BCUT2D eigenvalue weighted by molar-refractivity contribution is 9.10. The number of aliphatic hydroxyl groups is 1. The second-order valence-corrected chi connectivity index (χ2v) is 5.37. The zero-order chi connectivity index (χ0) is 14.0. The van der Waals surface area contributed by atoms with Crippen LogP contribution in [0.2, 0.25) is 5.02 Å². The number of benzene rings is 2. The van der Waals surface area contributed by atoms with Crippen LogP contribution in [-0.2, 0) is 6.42 Å². The van der Waals surface area contributed by atoms with Gasteiger partial charge in [0.15, 0.2) is 0 Å². The topological polar surface area (TPSA) is 20.2 Å². The first-order chi connectivity index (χ1) is 8.99. The standard InChI is InChI=1S/C14H10BrClF2O/c15-10-5-4-8(6-12(10)17)13(19)7-9-2-1-3-11(16)14(9)18/h1-6,13,19H,7H2. The summed E-state index contributed by atoms with van der Waals surface area (Å²) in [4.78, 5) is 0. The van der Waals surface area contributed by atoms with Crippen LogP contribution >= 0.6 is 27.5 Å². The molecule has 1 atom stereocenters. The highest BCUT2D eigenvalue weighted by Crippen LogP contribution is 2.26. The maximum atomic E-state index is 13.7. The Morgan fingerprint density at radius 2 is 1.95 bits per heavy atom. The molecule has 0 aliphatic rings. The fourth-order valence-electron chi connectivity index (χ4n) is 1.75. The highest BCUT2D eigenvalue weighted by atomic mass is 79.9. The van der Waals surface area contributed by atoms with Crippen LogP contribution in [0.1, 0.15) is 17.2 Å². The number of halogens is 4. The number of aliphatic hydroxyl groups excluding tert-OH is 1. The Morgan fingerprint density at radius 1 is 1.21 bits per heavy atom. The second kappa shape index (κ2) is 5.99. The van der Waals surface area contributed by atoms with Crippen LogP contribution in [0.3, 0.4) is 0 Å². The first-order valence-corrected chi connectivity index (χ1v) is 6.72. The molecule has 100 valence electrons. The highest BCUT2D eigenvalue weighted by Gasteiger charge is 2.14. The minimum atomic E-state index is -0.990. The van der Waals surface area contributed by atoms with Gasteiger partial charge >= 0.3 is 0 Å². The molecule has 1 nitrogen and oxygen atoms in total. The van der Waals surface area contributed by atoms with Crippen LogP contribution in [0, 0.1) is 11.6 Å². The van der Waals surface area contributed by atoms with E-state index in [1.165, 1.54) is 18.2 Å². The predicted octanol–water partition coefficient (Wildman–Crippen LogP) is 4.66. The van der Waals surface area contributed by atoms with Gasteiger partial charge in [-0.15, -0.1) is 0 Å². The molecule has 0 aromatic heterocycles. The molecule has 19 heavy (non-hydrogen) atoms. The summed E-state index contributed by atoms with van der Waals surface area (Å²) in [6, 6.07) is 8.89. The maximum absolute atomic E-state index is 13.7. The van der Waals surface area contributed by atoms with Gasteiger partial charge in [-0.05, 0) is 45.3 Å². The van der Waals surface area contributed by atoms with Gasteiger partial charge in [-0.1, -0.05) is 29.8 Å². The first-order valence-electron chi connectivity index (χ1n) is 5.55. The molecular weight excluding hydrogens is 338 g/mol. The van der Waals surface area contributed by atoms with Gasteiger partial charge in [0.25, 0.3) is 0 Å². The maximum Gasteiger partial charge on any atom is 0.145 e. The summed E-state index contributed by atoms with van der Waals surface area (Å²) in [6.45, 7) is 0. The molecule has 2 aromatic rings. The smallest absolute Gasteiger partial charge is 0.145 e. The van der Waals surface area contributed by atoms with E-state index in [9.17, 15) is 13.9 Å². The van der Waals surface area contributed by atoms with E-state index in [1.54, 1.807) is 18.2 Å². The van der Waals surface area contributed by atoms with Crippen LogP contribution in [0.5, 0.6) is 0 Å². The summed E-state index contributed by atoms with van der Waals surface area (Å²) in [6.07, 6.45) is -0.955. The Labute approximate surface area is 123 Å². The monoisotopic (exact) mass is 346 g/mol. The van der Waals surface area contributed by atoms with Gasteiger partial charge in [-0.2, -0.15) is 0 Å². The van der Waals surface area contributed by atoms with E-state index in [0.717, 1.165) is 0 Å². The molecule has 0 spiro atoms. The van der Waals surface area contributed by atoms with Gasteiger partial charge in [-0.3, -0.25) is 0 Å². The number of hydrogen-bond acceptors (Lipinski definition) is 1. The van der Waals surface area contributed by atoms with Crippen molar-refractivity contribution in [3.8, 4) is 0 Å². The van der Waals surface area contributed by atoms with Crippen LogP contribution < -0.4 is 0 Å². The fourth-order valence-corrected chi connectivity index (χ4v) is 2.19. The summed E-state index contributed by atoms with van der Waals surface area (Å²) in [7, 11) is 0. The zero-order valence-electron chi connectivity index (χ0n) is 9.71. The molecule has 0 radical (unpaired) electrons. The molecule has 0 bridgehead atoms. The molecule has 5 heteroatoms. The van der Waals surface area contributed by atoms with Gasteiger partial charge in [0.1, 0.15) is 11.6 Å². The lowest BCUT2D eigenvalue weighted by Gasteiger charge is -2.12. The lowest BCUT2D eigenvalue weighted by Crippen LogP contribution is -2.04. The normalized spacial score (nSPS) is 12.5. The molecule has 1 unspecified atom stereocenters. The van der Waals surface area contributed by atoms with Crippen molar-refractivity contribution in [3.63, 3.8) is 0 Å². The Hall–Kier alpha value is -0.970. The third-order valence-electron chi connectivity index (χ3n) is 2.77. The summed E-state index contributed by atoms with van der Waals surface area (Å²) in [5.74, 6) is -1.02. The lowest BCUT2D eigenvalue weighted by atomic mass is 10.0. The largest absolute Gasteiger partial charge is 0.388 e.